The standard InChI is InChI=1S/C25H19NO/c1-17-7-9-24-21(13-17)22-16-20(8-10-25(22)27-24)23-15-19(11-12-26-23)14-18-5-3-2-4-6-18/h2-13,15-16H,14H2,1H3/i1D3,14D2. The molecule has 0 spiro atoms. The first-order valence-corrected chi connectivity index (χ1v) is 8.73. The third kappa shape index (κ3) is 3.00. The van der Waals surface area contributed by atoms with E-state index in [0.29, 0.717) is 28.0 Å². The SMILES string of the molecule is [2H]C([2H])([2H])c1ccc2oc3ccc(-c4cc(C([2H])([2H])c5ccccc5)ccn4)cc3c2c1. The van der Waals surface area contributed by atoms with Crippen molar-refractivity contribution < 1.29 is 11.3 Å². The molecule has 0 bridgehead atoms. The summed E-state index contributed by atoms with van der Waals surface area (Å²) in [5.41, 5.74) is 4.04. The normalized spacial score (nSPS) is 15.0. The molecule has 0 aliphatic heterocycles. The van der Waals surface area contributed by atoms with Crippen LogP contribution in [0.2, 0.25) is 0 Å². The highest BCUT2D eigenvalue weighted by molar-refractivity contribution is 6.06. The number of furan rings is 1. The van der Waals surface area contributed by atoms with Gasteiger partial charge in [-0.2, -0.15) is 0 Å². The van der Waals surface area contributed by atoms with E-state index in [1.54, 1.807) is 48.7 Å². The summed E-state index contributed by atoms with van der Waals surface area (Å²) in [4.78, 5) is 4.46. The smallest absolute Gasteiger partial charge is 0.135 e. The van der Waals surface area contributed by atoms with Crippen LogP contribution in [-0.4, -0.2) is 4.98 Å². The van der Waals surface area contributed by atoms with Gasteiger partial charge in [0.15, 0.2) is 0 Å². The van der Waals surface area contributed by atoms with E-state index >= 15 is 0 Å². The Bertz CT molecular complexity index is 1440. The van der Waals surface area contributed by atoms with Crippen LogP contribution in [0, 0.1) is 6.85 Å². The van der Waals surface area contributed by atoms with Crippen molar-refractivity contribution >= 4 is 21.9 Å². The highest BCUT2D eigenvalue weighted by Gasteiger charge is 2.10. The van der Waals surface area contributed by atoms with Gasteiger partial charge >= 0.3 is 0 Å². The fourth-order valence-electron chi connectivity index (χ4n) is 3.29. The molecule has 0 atom stereocenters. The van der Waals surface area contributed by atoms with Crippen LogP contribution in [0.3, 0.4) is 0 Å². The second-order valence-corrected chi connectivity index (χ2v) is 6.44. The third-order valence-corrected chi connectivity index (χ3v) is 4.59. The molecule has 0 fully saturated rings. The minimum Gasteiger partial charge on any atom is -0.456 e. The van der Waals surface area contributed by atoms with Crippen molar-refractivity contribution in [1.82, 2.24) is 4.98 Å². The molecule has 27 heavy (non-hydrogen) atoms. The quantitative estimate of drug-likeness (QED) is 0.367. The van der Waals surface area contributed by atoms with Crippen molar-refractivity contribution in [3.63, 3.8) is 0 Å². The Balaban J connectivity index is 1.62. The first kappa shape index (κ1) is 11.3. The maximum atomic E-state index is 8.63. The summed E-state index contributed by atoms with van der Waals surface area (Å²) in [7, 11) is 0. The molecule has 0 unspecified atom stereocenters. The lowest BCUT2D eigenvalue weighted by atomic mass is 10.0. The molecule has 2 nitrogen and oxygen atoms in total. The number of hydrogen-bond acceptors (Lipinski definition) is 2. The minimum absolute atomic E-state index is 0.259. The van der Waals surface area contributed by atoms with Crippen molar-refractivity contribution in [3.05, 3.63) is 102 Å². The van der Waals surface area contributed by atoms with Crippen LogP contribution in [0.25, 0.3) is 33.2 Å². The van der Waals surface area contributed by atoms with Gasteiger partial charge in [0.1, 0.15) is 11.2 Å². The van der Waals surface area contributed by atoms with E-state index in [1.807, 2.05) is 36.4 Å². The second kappa shape index (κ2) is 6.40. The molecule has 2 aromatic heterocycles. The fourth-order valence-corrected chi connectivity index (χ4v) is 3.29. The van der Waals surface area contributed by atoms with E-state index < -0.39 is 13.2 Å². The van der Waals surface area contributed by atoms with Gasteiger partial charge in [-0.1, -0.05) is 42.0 Å². The molecule has 2 heterocycles. The lowest BCUT2D eigenvalue weighted by Crippen LogP contribution is -1.91. The number of aryl methyl sites for hydroxylation is 1. The van der Waals surface area contributed by atoms with E-state index in [4.69, 9.17) is 11.3 Å². The molecule has 0 saturated heterocycles. The molecule has 0 aliphatic rings. The van der Waals surface area contributed by atoms with Gasteiger partial charge in [-0.05, 0) is 66.8 Å². The van der Waals surface area contributed by atoms with Gasteiger partial charge in [0, 0.05) is 29.4 Å². The largest absolute Gasteiger partial charge is 0.456 e. The van der Waals surface area contributed by atoms with E-state index in [0.717, 1.165) is 16.3 Å². The predicted molar refractivity (Wildman–Crippen MR) is 111 cm³/mol. The number of aromatic nitrogens is 1. The Morgan fingerprint density at radius 3 is 2.52 bits per heavy atom. The van der Waals surface area contributed by atoms with Gasteiger partial charge in [-0.25, -0.2) is 0 Å². The molecule has 130 valence electrons. The summed E-state index contributed by atoms with van der Waals surface area (Å²) in [5.74, 6) is 0. The van der Waals surface area contributed by atoms with Crippen LogP contribution in [0.1, 0.15) is 23.5 Å². The topological polar surface area (TPSA) is 26.0 Å². The van der Waals surface area contributed by atoms with Crippen LogP contribution < -0.4 is 0 Å². The number of hydrogen-bond donors (Lipinski definition) is 0. The summed E-state index contributed by atoms with van der Waals surface area (Å²) in [5, 5.41) is 1.52. The van der Waals surface area contributed by atoms with Gasteiger partial charge in [0.25, 0.3) is 0 Å². The Morgan fingerprint density at radius 1 is 0.852 bits per heavy atom. The molecule has 0 aliphatic carbocycles. The van der Waals surface area contributed by atoms with Crippen molar-refractivity contribution in [2.45, 2.75) is 13.2 Å². The highest BCUT2D eigenvalue weighted by Crippen LogP contribution is 2.32. The molecule has 5 rings (SSSR count). The maximum Gasteiger partial charge on any atom is 0.135 e. The molecule has 3 aromatic carbocycles. The number of pyridine rings is 1. The Morgan fingerprint density at radius 2 is 1.67 bits per heavy atom. The molecular weight excluding hydrogens is 330 g/mol. The summed E-state index contributed by atoms with van der Waals surface area (Å²) in [6, 6.07) is 23.0. The van der Waals surface area contributed by atoms with E-state index in [2.05, 4.69) is 4.98 Å². The number of rotatable bonds is 3. The van der Waals surface area contributed by atoms with Gasteiger partial charge < -0.3 is 4.42 Å². The van der Waals surface area contributed by atoms with E-state index in [1.165, 1.54) is 0 Å². The second-order valence-electron chi connectivity index (χ2n) is 6.44. The number of fused-ring (bicyclic) bond motifs is 3. The molecule has 0 N–H and O–H groups in total. The monoisotopic (exact) mass is 354 g/mol. The molecular formula is C25H19NO. The van der Waals surface area contributed by atoms with Crippen LogP contribution in [0.4, 0.5) is 0 Å². The molecule has 5 aromatic rings. The number of benzene rings is 3. The lowest BCUT2D eigenvalue weighted by Gasteiger charge is -2.06. The molecule has 0 amide bonds. The van der Waals surface area contributed by atoms with Crippen molar-refractivity contribution in [2.75, 3.05) is 0 Å². The summed E-state index contributed by atoms with van der Waals surface area (Å²) in [6.45, 7) is -2.20. The average Bonchev–Trinajstić information content (AvgIpc) is 3.16. The van der Waals surface area contributed by atoms with Crippen molar-refractivity contribution in [1.29, 1.82) is 0 Å². The zero-order valence-corrected chi connectivity index (χ0v) is 14.4. The Kier molecular flexibility index (Phi) is 2.69. The molecule has 0 saturated carbocycles. The number of nitrogens with zero attached hydrogens (tertiary/aromatic N) is 1. The predicted octanol–water partition coefficient (Wildman–Crippen LogP) is 6.55. The van der Waals surface area contributed by atoms with Gasteiger partial charge in [-0.3, -0.25) is 4.98 Å². The van der Waals surface area contributed by atoms with E-state index in [-0.39, 0.29) is 5.56 Å². The average molecular weight is 354 g/mol. The molecule has 0 radical (unpaired) electrons. The highest BCUT2D eigenvalue weighted by atomic mass is 16.3. The first-order chi connectivity index (χ1) is 15.2. The van der Waals surface area contributed by atoms with Crippen molar-refractivity contribution in [3.8, 4) is 11.3 Å². The Hall–Kier alpha value is -3.39. The van der Waals surface area contributed by atoms with Gasteiger partial charge in [-0.15, -0.1) is 0 Å². The van der Waals surface area contributed by atoms with Crippen LogP contribution >= 0.6 is 0 Å². The zero-order valence-electron chi connectivity index (χ0n) is 19.4. The summed E-state index contributed by atoms with van der Waals surface area (Å²) >= 11 is 0. The lowest BCUT2D eigenvalue weighted by molar-refractivity contribution is 0.669. The van der Waals surface area contributed by atoms with Crippen LogP contribution in [-0.2, 0) is 6.37 Å². The zero-order chi connectivity index (χ0) is 22.5. The van der Waals surface area contributed by atoms with Gasteiger partial charge in [0.2, 0.25) is 0 Å². The summed E-state index contributed by atoms with van der Waals surface area (Å²) in [6.07, 6.45) is -0.0597. The van der Waals surface area contributed by atoms with E-state index in [9.17, 15) is 0 Å². The van der Waals surface area contributed by atoms with Crippen LogP contribution in [0.15, 0.2) is 89.5 Å². The molecule has 2 heteroatoms. The Labute approximate surface area is 165 Å². The van der Waals surface area contributed by atoms with Crippen molar-refractivity contribution in [2.24, 2.45) is 0 Å². The summed E-state index contributed by atoms with van der Waals surface area (Å²) < 4.78 is 46.2. The third-order valence-electron chi connectivity index (χ3n) is 4.59. The minimum atomic E-state index is -2.20. The van der Waals surface area contributed by atoms with Gasteiger partial charge in [0.05, 0.1) is 5.69 Å². The van der Waals surface area contributed by atoms with Crippen LogP contribution in [0.5, 0.6) is 0 Å². The first-order valence-electron chi connectivity index (χ1n) is 11.2. The maximum absolute atomic E-state index is 8.63. The fraction of sp³-hybridized carbons (Fsp3) is 0.0800.